The van der Waals surface area contributed by atoms with Crippen LogP contribution in [0, 0.1) is 6.92 Å². The fraction of sp³-hybridized carbons (Fsp3) is 0.167. The third-order valence-corrected chi connectivity index (χ3v) is 2.87. The van der Waals surface area contributed by atoms with Crippen molar-refractivity contribution < 1.29 is 9.15 Å². The minimum absolute atomic E-state index is 0.279. The molecule has 3 heterocycles. The van der Waals surface area contributed by atoms with Gasteiger partial charge >= 0.3 is 0 Å². The Labute approximate surface area is 113 Å². The van der Waals surface area contributed by atoms with Crippen LogP contribution in [0.2, 0.25) is 5.15 Å². The van der Waals surface area contributed by atoms with Crippen molar-refractivity contribution in [1.29, 1.82) is 0 Å². The molecule has 3 aromatic heterocycles. The van der Waals surface area contributed by atoms with E-state index in [4.69, 9.17) is 20.8 Å². The molecule has 0 aromatic carbocycles. The van der Waals surface area contributed by atoms with Gasteiger partial charge in [-0.25, -0.2) is 19.9 Å². The molecule has 0 N–H and O–H groups in total. The highest BCUT2D eigenvalue weighted by Crippen LogP contribution is 2.19. The third-order valence-electron chi connectivity index (χ3n) is 2.59. The number of hydrogen-bond donors (Lipinski definition) is 0. The molecule has 0 fully saturated rings. The predicted molar refractivity (Wildman–Crippen MR) is 67.9 cm³/mol. The number of aryl methyl sites for hydroxylation is 1. The average molecular weight is 277 g/mol. The lowest BCUT2D eigenvalue weighted by Gasteiger charge is -2.04. The van der Waals surface area contributed by atoms with Gasteiger partial charge in [0, 0.05) is 6.20 Å². The van der Waals surface area contributed by atoms with E-state index < -0.39 is 0 Å². The van der Waals surface area contributed by atoms with Gasteiger partial charge in [0.1, 0.15) is 23.6 Å². The van der Waals surface area contributed by atoms with Crippen molar-refractivity contribution in [3.8, 4) is 5.88 Å². The summed E-state index contributed by atoms with van der Waals surface area (Å²) < 4.78 is 10.6. The summed E-state index contributed by atoms with van der Waals surface area (Å²) in [5.74, 6) is 1.12. The van der Waals surface area contributed by atoms with Gasteiger partial charge in [0.25, 0.3) is 0 Å². The van der Waals surface area contributed by atoms with Crippen molar-refractivity contribution in [1.82, 2.24) is 19.9 Å². The van der Waals surface area contributed by atoms with Crippen LogP contribution in [-0.2, 0) is 6.61 Å². The van der Waals surface area contributed by atoms with E-state index in [2.05, 4.69) is 19.9 Å². The smallest absolute Gasteiger partial charge is 0.233 e. The first-order valence-electron chi connectivity index (χ1n) is 5.53. The van der Waals surface area contributed by atoms with Gasteiger partial charge in [-0.15, -0.1) is 0 Å². The van der Waals surface area contributed by atoms with Crippen molar-refractivity contribution in [3.63, 3.8) is 0 Å². The number of hydrogen-bond acceptors (Lipinski definition) is 6. The summed E-state index contributed by atoms with van der Waals surface area (Å²) in [6.45, 7) is 2.10. The molecular formula is C12H9ClN4O2. The van der Waals surface area contributed by atoms with Gasteiger partial charge in [-0.3, -0.25) is 0 Å². The van der Waals surface area contributed by atoms with Crippen molar-refractivity contribution >= 4 is 22.6 Å². The number of rotatable bonds is 3. The summed E-state index contributed by atoms with van der Waals surface area (Å²) in [6.07, 6.45) is 4.46. The molecule has 0 spiro atoms. The fourth-order valence-electron chi connectivity index (χ4n) is 1.57. The van der Waals surface area contributed by atoms with E-state index in [-0.39, 0.29) is 6.61 Å². The second kappa shape index (κ2) is 4.81. The number of aromatic nitrogens is 4. The first-order valence-corrected chi connectivity index (χ1v) is 5.91. The molecule has 0 aliphatic rings. The molecule has 0 bridgehead atoms. The molecule has 0 amide bonds. The van der Waals surface area contributed by atoms with E-state index in [9.17, 15) is 0 Å². The number of fused-ring (bicyclic) bond motifs is 1. The summed E-state index contributed by atoms with van der Waals surface area (Å²) in [6, 6.07) is 1.72. The monoisotopic (exact) mass is 276 g/mol. The van der Waals surface area contributed by atoms with E-state index in [1.807, 2.05) is 6.92 Å². The highest BCUT2D eigenvalue weighted by molar-refractivity contribution is 6.33. The van der Waals surface area contributed by atoms with E-state index in [1.54, 1.807) is 12.3 Å². The third kappa shape index (κ3) is 2.34. The van der Waals surface area contributed by atoms with Gasteiger partial charge in [0.2, 0.25) is 5.88 Å². The molecule has 0 radical (unpaired) electrons. The zero-order chi connectivity index (χ0) is 13.2. The van der Waals surface area contributed by atoms with Gasteiger partial charge in [-0.1, -0.05) is 11.6 Å². The van der Waals surface area contributed by atoms with Gasteiger partial charge < -0.3 is 9.15 Å². The highest BCUT2D eigenvalue weighted by Gasteiger charge is 2.07. The van der Waals surface area contributed by atoms with Crippen LogP contribution in [0.4, 0.5) is 0 Å². The molecule has 0 saturated heterocycles. The molecule has 0 saturated carbocycles. The van der Waals surface area contributed by atoms with Crippen LogP contribution in [0.5, 0.6) is 5.88 Å². The lowest BCUT2D eigenvalue weighted by molar-refractivity contribution is 0.287. The predicted octanol–water partition coefficient (Wildman–Crippen LogP) is 2.55. The van der Waals surface area contributed by atoms with Crippen molar-refractivity contribution in [2.24, 2.45) is 0 Å². The second-order valence-electron chi connectivity index (χ2n) is 3.82. The zero-order valence-corrected chi connectivity index (χ0v) is 10.8. The first kappa shape index (κ1) is 11.9. The summed E-state index contributed by atoms with van der Waals surface area (Å²) in [5.41, 5.74) is 1.91. The van der Waals surface area contributed by atoms with Gasteiger partial charge in [0.15, 0.2) is 11.5 Å². The molecule has 96 valence electrons. The Balaban J connectivity index is 1.84. The number of ether oxygens (including phenoxy) is 1. The number of oxazole rings is 1. The van der Waals surface area contributed by atoms with Crippen LogP contribution >= 0.6 is 11.6 Å². The molecule has 3 aromatic rings. The van der Waals surface area contributed by atoms with E-state index in [0.717, 1.165) is 11.5 Å². The van der Waals surface area contributed by atoms with E-state index >= 15 is 0 Å². The maximum absolute atomic E-state index is 5.91. The quantitative estimate of drug-likeness (QED) is 0.685. The lowest BCUT2D eigenvalue weighted by atomic mass is 10.4. The summed E-state index contributed by atoms with van der Waals surface area (Å²) in [4.78, 5) is 16.4. The van der Waals surface area contributed by atoms with Gasteiger partial charge in [-0.2, -0.15) is 0 Å². The normalized spacial score (nSPS) is 10.8. The minimum atomic E-state index is 0.279. The number of halogens is 1. The molecule has 19 heavy (non-hydrogen) atoms. The number of nitrogens with zero attached hydrogens (tertiary/aromatic N) is 4. The SMILES string of the molecule is Cc1ocnc1COc1cnc2c(Cl)nccc2n1. The molecule has 0 unspecified atom stereocenters. The zero-order valence-electron chi connectivity index (χ0n) is 10.00. The Morgan fingerprint density at radius 3 is 3.00 bits per heavy atom. The molecule has 0 atom stereocenters. The van der Waals surface area contributed by atoms with Crippen molar-refractivity contribution in [3.05, 3.63) is 41.5 Å². The maximum Gasteiger partial charge on any atom is 0.233 e. The molecule has 3 rings (SSSR count). The summed E-state index contributed by atoms with van der Waals surface area (Å²) in [5, 5.41) is 0.323. The van der Waals surface area contributed by atoms with Crippen molar-refractivity contribution in [2.75, 3.05) is 0 Å². The Morgan fingerprint density at radius 2 is 2.21 bits per heavy atom. The topological polar surface area (TPSA) is 73.9 Å². The van der Waals surface area contributed by atoms with Crippen LogP contribution in [0.25, 0.3) is 11.0 Å². The molecule has 0 aliphatic carbocycles. The second-order valence-corrected chi connectivity index (χ2v) is 4.18. The van der Waals surface area contributed by atoms with Crippen LogP contribution in [0.15, 0.2) is 29.3 Å². The van der Waals surface area contributed by atoms with Gasteiger partial charge in [0.05, 0.1) is 11.7 Å². The minimum Gasteiger partial charge on any atom is -0.470 e. The maximum atomic E-state index is 5.91. The Bertz CT molecular complexity index is 729. The van der Waals surface area contributed by atoms with Crippen molar-refractivity contribution in [2.45, 2.75) is 13.5 Å². The standard InChI is InChI=1S/C12H9ClN4O2/c1-7-9(16-6-19-7)5-18-10-4-15-11-8(17-10)2-3-14-12(11)13/h2-4,6H,5H2,1H3. The number of pyridine rings is 1. The molecule has 7 heteroatoms. The summed E-state index contributed by atoms with van der Waals surface area (Å²) in [7, 11) is 0. The van der Waals surface area contributed by atoms with Crippen LogP contribution in [-0.4, -0.2) is 19.9 Å². The Hall–Kier alpha value is -2.21. The summed E-state index contributed by atoms with van der Waals surface area (Å²) >= 11 is 5.91. The molecule has 6 nitrogen and oxygen atoms in total. The van der Waals surface area contributed by atoms with E-state index in [1.165, 1.54) is 12.6 Å². The molecule has 0 aliphatic heterocycles. The van der Waals surface area contributed by atoms with Crippen LogP contribution in [0.3, 0.4) is 0 Å². The van der Waals surface area contributed by atoms with Crippen LogP contribution in [0.1, 0.15) is 11.5 Å². The highest BCUT2D eigenvalue weighted by atomic mass is 35.5. The van der Waals surface area contributed by atoms with Crippen LogP contribution < -0.4 is 4.74 Å². The lowest BCUT2D eigenvalue weighted by Crippen LogP contribution is -2.00. The fourth-order valence-corrected chi connectivity index (χ4v) is 1.78. The van der Waals surface area contributed by atoms with E-state index in [0.29, 0.717) is 22.1 Å². The first-order chi connectivity index (χ1) is 9.24. The molecular weight excluding hydrogens is 268 g/mol. The Kier molecular flexibility index (Phi) is 3.00. The van der Waals surface area contributed by atoms with Gasteiger partial charge in [-0.05, 0) is 13.0 Å². The average Bonchev–Trinajstić information content (AvgIpc) is 2.82. The largest absolute Gasteiger partial charge is 0.470 e. The Morgan fingerprint density at radius 1 is 1.32 bits per heavy atom.